The minimum absolute atomic E-state index is 0.168. The Kier molecular flexibility index (Phi) is 5.29. The fourth-order valence-corrected chi connectivity index (χ4v) is 4.38. The van der Waals surface area contributed by atoms with Crippen LogP contribution in [0.5, 0.6) is 0 Å². The summed E-state index contributed by atoms with van der Waals surface area (Å²) in [5.74, 6) is 0. The van der Waals surface area contributed by atoms with Crippen molar-refractivity contribution in [1.82, 2.24) is 9.97 Å². The van der Waals surface area contributed by atoms with Gasteiger partial charge in [-0.3, -0.25) is 4.31 Å². The highest BCUT2D eigenvalue weighted by Gasteiger charge is 2.21. The van der Waals surface area contributed by atoms with Gasteiger partial charge in [0.1, 0.15) is 0 Å². The molecule has 1 aromatic heterocycles. The van der Waals surface area contributed by atoms with Crippen LogP contribution in [0.4, 0.5) is 5.69 Å². The van der Waals surface area contributed by atoms with Gasteiger partial charge >= 0.3 is 5.69 Å². The lowest BCUT2D eigenvalue weighted by Gasteiger charge is -2.23. The summed E-state index contributed by atoms with van der Waals surface area (Å²) in [6.07, 6.45) is 1.59. The average molecular weight is 420 g/mol. The first-order valence-corrected chi connectivity index (χ1v) is 10.9. The van der Waals surface area contributed by atoms with Crippen molar-refractivity contribution in [1.29, 1.82) is 0 Å². The lowest BCUT2D eigenvalue weighted by molar-refractivity contribution is 0.599. The van der Waals surface area contributed by atoms with Crippen LogP contribution in [0.3, 0.4) is 0 Å². The molecule has 3 aromatic carbocycles. The van der Waals surface area contributed by atoms with Gasteiger partial charge in [-0.2, -0.15) is 0 Å². The van der Waals surface area contributed by atoms with Crippen molar-refractivity contribution >= 4 is 32.8 Å². The summed E-state index contributed by atoms with van der Waals surface area (Å²) < 4.78 is 27.9. The predicted molar refractivity (Wildman–Crippen MR) is 121 cm³/mol. The van der Waals surface area contributed by atoms with Crippen LogP contribution in [-0.4, -0.2) is 18.4 Å². The van der Waals surface area contributed by atoms with Gasteiger partial charge in [0.05, 0.1) is 28.7 Å². The quantitative estimate of drug-likeness (QED) is 0.492. The van der Waals surface area contributed by atoms with E-state index in [2.05, 4.69) is 9.97 Å². The minimum atomic E-state index is -3.79. The molecule has 1 heterocycles. The van der Waals surface area contributed by atoms with Gasteiger partial charge in [0.15, 0.2) is 0 Å². The molecule has 30 heavy (non-hydrogen) atoms. The molecule has 7 heteroatoms. The summed E-state index contributed by atoms with van der Waals surface area (Å²) in [6, 6.07) is 22.0. The number of aromatic nitrogens is 2. The zero-order valence-corrected chi connectivity index (χ0v) is 17.2. The Bertz CT molecular complexity index is 1350. The van der Waals surface area contributed by atoms with Crippen molar-refractivity contribution in [2.24, 2.45) is 0 Å². The number of aryl methyl sites for hydroxylation is 1. The highest BCUT2D eigenvalue weighted by atomic mass is 32.2. The summed E-state index contributed by atoms with van der Waals surface area (Å²) >= 11 is 0. The number of hydrogen-bond donors (Lipinski definition) is 2. The molecule has 0 spiro atoms. The van der Waals surface area contributed by atoms with E-state index in [0.29, 0.717) is 16.7 Å². The SMILES string of the molecule is Cc1ccc(/C=C/S(=O)(=O)N(Cc2ccccc2)c2ccc3[nH]c(=O)[nH]c3c2)cc1. The molecule has 0 aliphatic carbocycles. The molecule has 0 saturated carbocycles. The second kappa shape index (κ2) is 8.04. The summed E-state index contributed by atoms with van der Waals surface area (Å²) in [6.45, 7) is 2.15. The Morgan fingerprint density at radius 2 is 1.60 bits per heavy atom. The Morgan fingerprint density at radius 1 is 0.900 bits per heavy atom. The molecule has 0 radical (unpaired) electrons. The molecule has 0 fully saturated rings. The first-order valence-electron chi connectivity index (χ1n) is 9.44. The first-order chi connectivity index (χ1) is 14.4. The third kappa shape index (κ3) is 4.36. The maximum Gasteiger partial charge on any atom is 0.323 e. The van der Waals surface area contributed by atoms with Crippen molar-refractivity contribution < 1.29 is 8.42 Å². The largest absolute Gasteiger partial charge is 0.323 e. The third-order valence-corrected chi connectivity index (χ3v) is 6.21. The number of nitrogens with zero attached hydrogens (tertiary/aromatic N) is 1. The van der Waals surface area contributed by atoms with Crippen LogP contribution in [-0.2, 0) is 16.6 Å². The maximum absolute atomic E-state index is 13.3. The zero-order chi connectivity index (χ0) is 21.1. The number of fused-ring (bicyclic) bond motifs is 1. The van der Waals surface area contributed by atoms with Crippen LogP contribution >= 0.6 is 0 Å². The Morgan fingerprint density at radius 3 is 2.33 bits per heavy atom. The van der Waals surface area contributed by atoms with Gasteiger partial charge in [-0.05, 0) is 42.3 Å². The van der Waals surface area contributed by atoms with E-state index in [1.54, 1.807) is 24.3 Å². The second-order valence-electron chi connectivity index (χ2n) is 7.06. The third-order valence-electron chi connectivity index (χ3n) is 4.77. The van der Waals surface area contributed by atoms with E-state index in [1.807, 2.05) is 61.5 Å². The lowest BCUT2D eigenvalue weighted by atomic mass is 10.2. The van der Waals surface area contributed by atoms with E-state index in [4.69, 9.17) is 0 Å². The fourth-order valence-electron chi connectivity index (χ4n) is 3.17. The van der Waals surface area contributed by atoms with Gasteiger partial charge in [0.25, 0.3) is 10.0 Å². The van der Waals surface area contributed by atoms with Gasteiger partial charge < -0.3 is 9.97 Å². The Balaban J connectivity index is 1.74. The fraction of sp³-hybridized carbons (Fsp3) is 0.0870. The molecular weight excluding hydrogens is 398 g/mol. The number of sulfonamides is 1. The number of rotatable bonds is 6. The van der Waals surface area contributed by atoms with Crippen molar-refractivity contribution in [3.8, 4) is 0 Å². The van der Waals surface area contributed by atoms with Crippen molar-refractivity contribution in [3.05, 3.63) is 105 Å². The molecular formula is C23H21N3O3S. The normalized spacial score (nSPS) is 11.9. The minimum Gasteiger partial charge on any atom is -0.306 e. The average Bonchev–Trinajstić information content (AvgIpc) is 3.11. The van der Waals surface area contributed by atoms with Crippen LogP contribution in [0.25, 0.3) is 17.1 Å². The molecule has 0 saturated heterocycles. The number of anilines is 1. The monoisotopic (exact) mass is 419 g/mol. The van der Waals surface area contributed by atoms with Gasteiger partial charge in [-0.25, -0.2) is 13.2 Å². The number of benzene rings is 3. The molecule has 4 rings (SSSR count). The number of imidazole rings is 1. The number of H-pyrrole nitrogens is 2. The number of aromatic amines is 2. The molecule has 0 aliphatic rings. The van der Waals surface area contributed by atoms with E-state index in [0.717, 1.165) is 16.7 Å². The van der Waals surface area contributed by atoms with E-state index >= 15 is 0 Å². The molecule has 0 unspecified atom stereocenters. The lowest BCUT2D eigenvalue weighted by Crippen LogP contribution is -2.28. The standard InChI is InChI=1S/C23H21N3O3S/c1-17-7-9-18(10-8-17)13-14-30(28,29)26(16-19-5-3-2-4-6-19)20-11-12-21-22(15-20)25-23(27)24-21/h2-15H,16H2,1H3,(H2,24,25,27)/b14-13+. The summed E-state index contributed by atoms with van der Waals surface area (Å²) in [5.41, 5.74) is 4.06. The van der Waals surface area contributed by atoms with Crippen LogP contribution in [0, 0.1) is 6.92 Å². The molecule has 4 aromatic rings. The van der Waals surface area contributed by atoms with E-state index in [-0.39, 0.29) is 12.2 Å². The topological polar surface area (TPSA) is 86.0 Å². The zero-order valence-electron chi connectivity index (χ0n) is 16.4. The molecule has 6 nitrogen and oxygen atoms in total. The predicted octanol–water partition coefficient (Wildman–Crippen LogP) is 4.17. The van der Waals surface area contributed by atoms with Crippen molar-refractivity contribution in [2.45, 2.75) is 13.5 Å². The van der Waals surface area contributed by atoms with Crippen LogP contribution in [0.2, 0.25) is 0 Å². The Labute approximate surface area is 174 Å². The van der Waals surface area contributed by atoms with Crippen LogP contribution in [0.1, 0.15) is 16.7 Å². The van der Waals surface area contributed by atoms with Crippen LogP contribution in [0.15, 0.2) is 83.0 Å². The molecule has 0 amide bonds. The van der Waals surface area contributed by atoms with E-state index in [9.17, 15) is 13.2 Å². The van der Waals surface area contributed by atoms with Gasteiger partial charge in [-0.1, -0.05) is 60.2 Å². The molecule has 0 atom stereocenters. The summed E-state index contributed by atoms with van der Waals surface area (Å²) in [7, 11) is -3.79. The van der Waals surface area contributed by atoms with Crippen LogP contribution < -0.4 is 9.99 Å². The number of hydrogen-bond acceptors (Lipinski definition) is 3. The van der Waals surface area contributed by atoms with Gasteiger partial charge in [-0.15, -0.1) is 0 Å². The number of nitrogens with one attached hydrogen (secondary N) is 2. The van der Waals surface area contributed by atoms with E-state index in [1.165, 1.54) is 9.71 Å². The van der Waals surface area contributed by atoms with Gasteiger partial charge in [0, 0.05) is 0 Å². The maximum atomic E-state index is 13.3. The Hall–Kier alpha value is -3.58. The van der Waals surface area contributed by atoms with Crippen molar-refractivity contribution in [3.63, 3.8) is 0 Å². The van der Waals surface area contributed by atoms with E-state index < -0.39 is 10.0 Å². The molecule has 2 N–H and O–H groups in total. The smallest absolute Gasteiger partial charge is 0.306 e. The molecule has 0 aliphatic heterocycles. The molecule has 152 valence electrons. The first kappa shape index (κ1) is 19.7. The summed E-state index contributed by atoms with van der Waals surface area (Å²) in [5, 5.41) is 1.21. The highest BCUT2D eigenvalue weighted by Crippen LogP contribution is 2.25. The molecule has 0 bridgehead atoms. The highest BCUT2D eigenvalue weighted by molar-refractivity contribution is 7.95. The van der Waals surface area contributed by atoms with Crippen molar-refractivity contribution in [2.75, 3.05) is 4.31 Å². The van der Waals surface area contributed by atoms with Gasteiger partial charge in [0.2, 0.25) is 0 Å². The summed E-state index contributed by atoms with van der Waals surface area (Å²) in [4.78, 5) is 16.9. The second-order valence-corrected chi connectivity index (χ2v) is 8.80.